The Hall–Kier alpha value is -1.64. The van der Waals surface area contributed by atoms with Crippen molar-refractivity contribution in [1.82, 2.24) is 20.9 Å². The Labute approximate surface area is 145 Å². The molecular formula is C15H27N5O3S. The van der Waals surface area contributed by atoms with E-state index in [1.54, 1.807) is 7.05 Å². The summed E-state index contributed by atoms with van der Waals surface area (Å²) in [6, 6.07) is -0.0934. The predicted octanol–water partition coefficient (Wildman–Crippen LogP) is -0.217. The molecule has 9 heteroatoms. The van der Waals surface area contributed by atoms with Crippen LogP contribution < -0.4 is 16.0 Å². The highest BCUT2D eigenvalue weighted by molar-refractivity contribution is 7.85. The van der Waals surface area contributed by atoms with Gasteiger partial charge in [0, 0.05) is 48.0 Å². The van der Waals surface area contributed by atoms with Crippen LogP contribution in [0, 0.1) is 0 Å². The van der Waals surface area contributed by atoms with E-state index in [9.17, 15) is 13.8 Å². The molecular weight excluding hydrogens is 330 g/mol. The van der Waals surface area contributed by atoms with E-state index in [1.165, 1.54) is 4.90 Å². The first-order chi connectivity index (χ1) is 11.5. The van der Waals surface area contributed by atoms with Crippen LogP contribution in [0.1, 0.15) is 32.6 Å². The van der Waals surface area contributed by atoms with Crippen LogP contribution in [0.5, 0.6) is 0 Å². The highest BCUT2D eigenvalue weighted by Crippen LogP contribution is 2.22. The molecule has 2 fully saturated rings. The topological polar surface area (TPSA) is 103 Å². The Balaban J connectivity index is 1.76. The van der Waals surface area contributed by atoms with Gasteiger partial charge in [-0.2, -0.15) is 0 Å². The van der Waals surface area contributed by atoms with E-state index < -0.39 is 10.8 Å². The normalized spacial score (nSPS) is 26.2. The van der Waals surface area contributed by atoms with E-state index in [0.29, 0.717) is 24.8 Å². The standard InChI is InChI=1S/C15H27N5O3S/c1-3-24(23)12-6-4-5-11(9-12)19-14(16-2)17-7-8-20-13(21)10-18-15(20)22/h11-12H,3-10H2,1-2H3,(H,18,22)(H2,16,17,19). The molecule has 0 aromatic heterocycles. The van der Waals surface area contributed by atoms with E-state index in [4.69, 9.17) is 0 Å². The lowest BCUT2D eigenvalue weighted by molar-refractivity contribution is -0.124. The molecule has 2 aliphatic rings. The van der Waals surface area contributed by atoms with Crippen LogP contribution in [0.4, 0.5) is 4.79 Å². The molecule has 24 heavy (non-hydrogen) atoms. The number of urea groups is 1. The van der Waals surface area contributed by atoms with Crippen molar-refractivity contribution in [3.8, 4) is 0 Å². The number of nitrogens with one attached hydrogen (secondary N) is 3. The second-order valence-electron chi connectivity index (χ2n) is 6.00. The first kappa shape index (κ1) is 18.7. The number of imide groups is 1. The van der Waals surface area contributed by atoms with Crippen LogP contribution in [0.25, 0.3) is 0 Å². The van der Waals surface area contributed by atoms with E-state index >= 15 is 0 Å². The quantitative estimate of drug-likeness (QED) is 0.347. The zero-order chi connectivity index (χ0) is 17.5. The fourth-order valence-electron chi connectivity index (χ4n) is 3.11. The fraction of sp³-hybridized carbons (Fsp3) is 0.800. The summed E-state index contributed by atoms with van der Waals surface area (Å²) in [5, 5.41) is 9.24. The Morgan fingerprint density at radius 2 is 2.21 bits per heavy atom. The van der Waals surface area contributed by atoms with Gasteiger partial charge in [-0.25, -0.2) is 4.79 Å². The predicted molar refractivity (Wildman–Crippen MR) is 94.3 cm³/mol. The van der Waals surface area contributed by atoms with Crippen LogP contribution >= 0.6 is 0 Å². The first-order valence-corrected chi connectivity index (χ1v) is 9.86. The molecule has 1 heterocycles. The lowest BCUT2D eigenvalue weighted by Gasteiger charge is -2.30. The summed E-state index contributed by atoms with van der Waals surface area (Å²) in [4.78, 5) is 28.4. The van der Waals surface area contributed by atoms with Gasteiger partial charge in [-0.15, -0.1) is 0 Å². The fourth-order valence-corrected chi connectivity index (χ4v) is 4.45. The van der Waals surface area contributed by atoms with Gasteiger partial charge in [0.15, 0.2) is 5.96 Å². The maximum Gasteiger partial charge on any atom is 0.324 e. The van der Waals surface area contributed by atoms with Crippen molar-refractivity contribution in [2.45, 2.75) is 43.9 Å². The third-order valence-electron chi connectivity index (χ3n) is 4.41. The molecule has 1 aliphatic heterocycles. The molecule has 1 saturated carbocycles. The minimum absolute atomic E-state index is 0.0733. The number of aliphatic imine (C=N–C) groups is 1. The van der Waals surface area contributed by atoms with Gasteiger partial charge in [0.1, 0.15) is 0 Å². The van der Waals surface area contributed by atoms with Gasteiger partial charge in [-0.3, -0.25) is 18.9 Å². The van der Waals surface area contributed by atoms with Gasteiger partial charge in [-0.1, -0.05) is 13.3 Å². The van der Waals surface area contributed by atoms with Gasteiger partial charge >= 0.3 is 6.03 Å². The van der Waals surface area contributed by atoms with Gasteiger partial charge < -0.3 is 16.0 Å². The Morgan fingerprint density at radius 3 is 2.83 bits per heavy atom. The van der Waals surface area contributed by atoms with E-state index in [0.717, 1.165) is 25.7 Å². The van der Waals surface area contributed by atoms with Gasteiger partial charge in [0.05, 0.1) is 6.54 Å². The number of amides is 3. The zero-order valence-electron chi connectivity index (χ0n) is 14.3. The maximum atomic E-state index is 12.0. The first-order valence-electron chi connectivity index (χ1n) is 8.47. The summed E-state index contributed by atoms with van der Waals surface area (Å²) in [7, 11) is 0.933. The third kappa shape index (κ3) is 4.93. The number of carbonyl (C=O) groups excluding carboxylic acids is 2. The van der Waals surface area contributed by atoms with Gasteiger partial charge in [0.2, 0.25) is 5.91 Å². The summed E-state index contributed by atoms with van der Waals surface area (Å²) in [5.41, 5.74) is 0. The smallest absolute Gasteiger partial charge is 0.324 e. The summed E-state index contributed by atoms with van der Waals surface area (Å²) in [5.74, 6) is 1.15. The van der Waals surface area contributed by atoms with E-state index in [-0.39, 0.29) is 29.8 Å². The minimum Gasteiger partial charge on any atom is -0.355 e. The number of rotatable bonds is 6. The van der Waals surface area contributed by atoms with Crippen molar-refractivity contribution >= 4 is 28.7 Å². The summed E-state index contributed by atoms with van der Waals surface area (Å²) < 4.78 is 12.0. The number of hydrogen-bond donors (Lipinski definition) is 3. The molecule has 0 aromatic rings. The van der Waals surface area contributed by atoms with Crippen molar-refractivity contribution in [3.63, 3.8) is 0 Å². The highest BCUT2D eigenvalue weighted by atomic mass is 32.2. The van der Waals surface area contributed by atoms with Gasteiger partial charge in [-0.05, 0) is 19.3 Å². The molecule has 3 amide bonds. The SMILES string of the molecule is CCS(=O)C1CCCC(NC(=NC)NCCN2C(=O)CNC2=O)C1. The van der Waals surface area contributed by atoms with Crippen molar-refractivity contribution in [1.29, 1.82) is 0 Å². The van der Waals surface area contributed by atoms with Crippen molar-refractivity contribution < 1.29 is 13.8 Å². The van der Waals surface area contributed by atoms with E-state index in [2.05, 4.69) is 20.9 Å². The van der Waals surface area contributed by atoms with Crippen LogP contribution in [-0.4, -0.2) is 70.7 Å². The summed E-state index contributed by atoms with van der Waals surface area (Å²) >= 11 is 0. The maximum absolute atomic E-state index is 12.0. The van der Waals surface area contributed by atoms with Crippen LogP contribution in [0.2, 0.25) is 0 Å². The van der Waals surface area contributed by atoms with Crippen LogP contribution in [-0.2, 0) is 15.6 Å². The Morgan fingerprint density at radius 1 is 1.42 bits per heavy atom. The van der Waals surface area contributed by atoms with Crippen LogP contribution in [0.15, 0.2) is 4.99 Å². The molecule has 1 aliphatic carbocycles. The number of carbonyl (C=O) groups is 2. The second kappa shape index (κ2) is 9.00. The molecule has 3 unspecified atom stereocenters. The van der Waals surface area contributed by atoms with Crippen LogP contribution in [0.3, 0.4) is 0 Å². The monoisotopic (exact) mass is 357 g/mol. The summed E-state index contributed by atoms with van der Waals surface area (Å²) in [6.07, 6.45) is 4.00. The van der Waals surface area contributed by atoms with Gasteiger partial charge in [0.25, 0.3) is 0 Å². The largest absolute Gasteiger partial charge is 0.355 e. The third-order valence-corrected chi connectivity index (χ3v) is 6.15. The number of hydrogen-bond acceptors (Lipinski definition) is 4. The minimum atomic E-state index is -0.755. The van der Waals surface area contributed by atoms with Crippen molar-refractivity contribution in [2.75, 3.05) is 32.4 Å². The lowest BCUT2D eigenvalue weighted by Crippen LogP contribution is -2.48. The lowest BCUT2D eigenvalue weighted by atomic mass is 9.95. The van der Waals surface area contributed by atoms with Crippen molar-refractivity contribution in [2.24, 2.45) is 4.99 Å². The molecule has 0 spiro atoms. The molecule has 0 aromatic carbocycles. The molecule has 0 bridgehead atoms. The zero-order valence-corrected chi connectivity index (χ0v) is 15.2. The Kier molecular flexibility index (Phi) is 7.01. The molecule has 0 radical (unpaired) electrons. The average Bonchev–Trinajstić information content (AvgIpc) is 2.92. The molecule has 8 nitrogen and oxygen atoms in total. The Bertz CT molecular complexity index is 509. The average molecular weight is 357 g/mol. The molecule has 1 saturated heterocycles. The summed E-state index contributed by atoms with van der Waals surface area (Å²) in [6.45, 7) is 2.78. The van der Waals surface area contributed by atoms with E-state index in [1.807, 2.05) is 6.92 Å². The second-order valence-corrected chi connectivity index (χ2v) is 8.01. The molecule has 2 rings (SSSR count). The molecule has 136 valence electrons. The molecule has 3 atom stereocenters. The molecule has 3 N–H and O–H groups in total. The highest BCUT2D eigenvalue weighted by Gasteiger charge is 2.28. The number of guanidine groups is 1. The number of nitrogens with zero attached hydrogens (tertiary/aromatic N) is 2. The van der Waals surface area contributed by atoms with Crippen molar-refractivity contribution in [3.05, 3.63) is 0 Å².